The van der Waals surface area contributed by atoms with Gasteiger partial charge in [-0.15, -0.1) is 0 Å². The van der Waals surface area contributed by atoms with E-state index in [-0.39, 0.29) is 11.9 Å². The molecule has 19 heavy (non-hydrogen) atoms. The van der Waals surface area contributed by atoms with Crippen LogP contribution >= 0.6 is 0 Å². The largest absolute Gasteiger partial charge is 0.389 e. The second-order valence-corrected chi connectivity index (χ2v) is 5.14. The summed E-state index contributed by atoms with van der Waals surface area (Å²) < 4.78 is 18.2. The predicted octanol–water partition coefficient (Wildman–Crippen LogP) is 2.65. The monoisotopic (exact) mass is 269 g/mol. The van der Waals surface area contributed by atoms with Crippen LogP contribution < -0.4 is 5.32 Å². The van der Waals surface area contributed by atoms with E-state index in [1.54, 1.807) is 20.1 Å². The van der Waals surface area contributed by atoms with E-state index in [1.807, 2.05) is 13.0 Å². The summed E-state index contributed by atoms with van der Waals surface area (Å²) in [6, 6.07) is 6.62. The van der Waals surface area contributed by atoms with Gasteiger partial charge in [-0.2, -0.15) is 0 Å². The van der Waals surface area contributed by atoms with Gasteiger partial charge in [-0.25, -0.2) is 4.39 Å². The van der Waals surface area contributed by atoms with Crippen molar-refractivity contribution in [3.8, 4) is 0 Å². The highest BCUT2D eigenvalue weighted by Gasteiger charge is 2.21. The summed E-state index contributed by atoms with van der Waals surface area (Å²) in [6.45, 7) is 4.78. The van der Waals surface area contributed by atoms with Crippen LogP contribution in [0.1, 0.15) is 38.3 Å². The van der Waals surface area contributed by atoms with E-state index >= 15 is 0 Å². The van der Waals surface area contributed by atoms with Gasteiger partial charge >= 0.3 is 0 Å². The Labute approximate surface area is 114 Å². The molecular formula is C15H24FNO2. The summed E-state index contributed by atoms with van der Waals surface area (Å²) in [6.07, 6.45) is 1.40. The van der Waals surface area contributed by atoms with Gasteiger partial charge in [0.25, 0.3) is 0 Å². The summed E-state index contributed by atoms with van der Waals surface area (Å²) in [7, 11) is 1.62. The maximum atomic E-state index is 13.2. The van der Waals surface area contributed by atoms with Gasteiger partial charge in [0.05, 0.1) is 5.60 Å². The minimum absolute atomic E-state index is 0.0460. The second kappa shape index (κ2) is 7.58. The van der Waals surface area contributed by atoms with Crippen LogP contribution in [0.5, 0.6) is 0 Å². The third-order valence-electron chi connectivity index (χ3n) is 3.23. The number of nitrogens with one attached hydrogen (secondary N) is 1. The van der Waals surface area contributed by atoms with Gasteiger partial charge in [-0.1, -0.05) is 19.1 Å². The van der Waals surface area contributed by atoms with Gasteiger partial charge in [0, 0.05) is 32.7 Å². The van der Waals surface area contributed by atoms with Crippen LogP contribution in [0.4, 0.5) is 4.39 Å². The van der Waals surface area contributed by atoms with E-state index in [0.717, 1.165) is 12.0 Å². The molecule has 108 valence electrons. The Hall–Kier alpha value is -0.970. The van der Waals surface area contributed by atoms with Crippen LogP contribution in [0, 0.1) is 5.82 Å². The van der Waals surface area contributed by atoms with Crippen molar-refractivity contribution in [2.24, 2.45) is 0 Å². The molecule has 0 radical (unpaired) electrons. The molecule has 0 heterocycles. The fourth-order valence-electron chi connectivity index (χ4n) is 1.97. The molecule has 2 N–H and O–H groups in total. The minimum atomic E-state index is -0.823. The normalized spacial score (nSPS) is 16.1. The van der Waals surface area contributed by atoms with Crippen molar-refractivity contribution in [1.29, 1.82) is 0 Å². The average molecular weight is 269 g/mol. The maximum Gasteiger partial charge on any atom is 0.123 e. The van der Waals surface area contributed by atoms with Crippen molar-refractivity contribution in [3.63, 3.8) is 0 Å². The molecule has 1 aromatic rings. The Kier molecular flexibility index (Phi) is 6.42. The van der Waals surface area contributed by atoms with E-state index in [9.17, 15) is 9.50 Å². The molecule has 0 bridgehead atoms. The molecule has 0 fully saturated rings. The summed E-state index contributed by atoms with van der Waals surface area (Å²) in [4.78, 5) is 0. The Balaban J connectivity index is 2.58. The standard InChI is InChI=1S/C15H24FNO2/c1-4-14(12-6-5-7-13(16)10-12)17-11-15(2,18)8-9-19-3/h5-7,10,14,17-18H,4,8-9,11H2,1-3H3. The number of halogens is 1. The van der Waals surface area contributed by atoms with Gasteiger partial charge in [-0.3, -0.25) is 0 Å². The summed E-state index contributed by atoms with van der Waals surface area (Å²) in [5.41, 5.74) is 0.0848. The molecule has 0 amide bonds. The fraction of sp³-hybridized carbons (Fsp3) is 0.600. The lowest BCUT2D eigenvalue weighted by Crippen LogP contribution is -2.40. The second-order valence-electron chi connectivity index (χ2n) is 5.14. The molecule has 0 aliphatic rings. The smallest absolute Gasteiger partial charge is 0.123 e. The predicted molar refractivity (Wildman–Crippen MR) is 74.6 cm³/mol. The number of benzene rings is 1. The summed E-state index contributed by atoms with van der Waals surface area (Å²) in [5.74, 6) is -0.233. The number of methoxy groups -OCH3 is 1. The molecule has 2 atom stereocenters. The van der Waals surface area contributed by atoms with Gasteiger partial charge in [0.15, 0.2) is 0 Å². The lowest BCUT2D eigenvalue weighted by molar-refractivity contribution is 0.0226. The number of aliphatic hydroxyl groups is 1. The highest BCUT2D eigenvalue weighted by molar-refractivity contribution is 5.20. The minimum Gasteiger partial charge on any atom is -0.389 e. The third kappa shape index (κ3) is 5.68. The Bertz CT molecular complexity index is 382. The Morgan fingerprint density at radius 1 is 1.47 bits per heavy atom. The first-order valence-electron chi connectivity index (χ1n) is 6.68. The summed E-state index contributed by atoms with van der Waals surface area (Å²) >= 11 is 0. The van der Waals surface area contributed by atoms with Crippen LogP contribution in [0.2, 0.25) is 0 Å². The van der Waals surface area contributed by atoms with Gasteiger partial charge < -0.3 is 15.2 Å². The zero-order valence-corrected chi connectivity index (χ0v) is 11.9. The van der Waals surface area contributed by atoms with Crippen molar-refractivity contribution in [2.45, 2.75) is 38.3 Å². The van der Waals surface area contributed by atoms with Crippen LogP contribution in [-0.4, -0.2) is 31.0 Å². The highest BCUT2D eigenvalue weighted by Crippen LogP contribution is 2.19. The van der Waals surface area contributed by atoms with Gasteiger partial charge in [0.2, 0.25) is 0 Å². The van der Waals surface area contributed by atoms with Crippen molar-refractivity contribution in [2.75, 3.05) is 20.3 Å². The first-order valence-corrected chi connectivity index (χ1v) is 6.68. The molecule has 0 spiro atoms. The van der Waals surface area contributed by atoms with Gasteiger partial charge in [-0.05, 0) is 31.0 Å². The first-order chi connectivity index (χ1) is 8.98. The number of ether oxygens (including phenoxy) is 1. The van der Waals surface area contributed by atoms with Crippen LogP contribution in [-0.2, 0) is 4.74 Å². The van der Waals surface area contributed by atoms with Crippen molar-refractivity contribution in [3.05, 3.63) is 35.6 Å². The number of hydrogen-bond donors (Lipinski definition) is 2. The SMILES string of the molecule is CCC(NCC(C)(O)CCOC)c1cccc(F)c1. The molecule has 0 aliphatic heterocycles. The third-order valence-corrected chi connectivity index (χ3v) is 3.23. The topological polar surface area (TPSA) is 41.5 Å². The van der Waals surface area contributed by atoms with Crippen LogP contribution in [0.25, 0.3) is 0 Å². The Morgan fingerprint density at radius 2 is 2.21 bits per heavy atom. The molecule has 2 unspecified atom stereocenters. The van der Waals surface area contributed by atoms with Gasteiger partial charge in [0.1, 0.15) is 5.82 Å². The molecule has 4 heteroatoms. The first kappa shape index (κ1) is 16.1. The van der Waals surface area contributed by atoms with E-state index in [2.05, 4.69) is 5.32 Å². The Morgan fingerprint density at radius 3 is 2.79 bits per heavy atom. The molecule has 0 aliphatic carbocycles. The van der Waals surface area contributed by atoms with Crippen LogP contribution in [0.3, 0.4) is 0 Å². The number of rotatable bonds is 8. The molecule has 0 saturated heterocycles. The van der Waals surface area contributed by atoms with Crippen molar-refractivity contribution in [1.82, 2.24) is 5.32 Å². The van der Waals surface area contributed by atoms with E-state index in [4.69, 9.17) is 4.74 Å². The number of hydrogen-bond acceptors (Lipinski definition) is 3. The fourth-order valence-corrected chi connectivity index (χ4v) is 1.97. The van der Waals surface area contributed by atoms with E-state index < -0.39 is 5.60 Å². The van der Waals surface area contributed by atoms with Crippen molar-refractivity contribution < 1.29 is 14.2 Å². The lowest BCUT2D eigenvalue weighted by atomic mass is 10.00. The zero-order chi connectivity index (χ0) is 14.3. The maximum absolute atomic E-state index is 13.2. The average Bonchev–Trinajstić information content (AvgIpc) is 2.37. The lowest BCUT2D eigenvalue weighted by Gasteiger charge is -2.27. The van der Waals surface area contributed by atoms with Crippen LogP contribution in [0.15, 0.2) is 24.3 Å². The van der Waals surface area contributed by atoms with Crippen molar-refractivity contribution >= 4 is 0 Å². The van der Waals surface area contributed by atoms with E-state index in [0.29, 0.717) is 19.6 Å². The summed E-state index contributed by atoms with van der Waals surface area (Å²) in [5, 5.41) is 13.5. The molecular weight excluding hydrogens is 245 g/mol. The zero-order valence-electron chi connectivity index (χ0n) is 11.9. The molecule has 1 rings (SSSR count). The quantitative estimate of drug-likeness (QED) is 0.762. The molecule has 0 saturated carbocycles. The molecule has 1 aromatic carbocycles. The molecule has 3 nitrogen and oxygen atoms in total. The molecule has 0 aromatic heterocycles. The van der Waals surface area contributed by atoms with E-state index in [1.165, 1.54) is 12.1 Å². The highest BCUT2D eigenvalue weighted by atomic mass is 19.1.